The maximum atomic E-state index is 14.1. The SMILES string of the molecule is CCCCNC(=O)[C@H](Cc1ccccc1)N(Cc1ccc(Br)cc1)C(=O)CN(c1ccc(CC)cc1)S(C)(=O)=O. The fraction of sp³-hybridized carbons (Fsp3) is 0.355. The number of anilines is 1. The third kappa shape index (κ3) is 9.20. The second kappa shape index (κ2) is 15.0. The number of benzene rings is 3. The van der Waals surface area contributed by atoms with Gasteiger partial charge in [-0.25, -0.2) is 8.42 Å². The lowest BCUT2D eigenvalue weighted by Gasteiger charge is -2.33. The number of carbonyl (C=O) groups is 2. The number of rotatable bonds is 14. The van der Waals surface area contributed by atoms with E-state index < -0.39 is 28.5 Å². The maximum absolute atomic E-state index is 14.1. The van der Waals surface area contributed by atoms with Gasteiger partial charge in [0, 0.05) is 24.0 Å². The van der Waals surface area contributed by atoms with Gasteiger partial charge < -0.3 is 10.2 Å². The Bertz CT molecular complexity index is 1350. The highest BCUT2D eigenvalue weighted by Gasteiger charge is 2.33. The van der Waals surface area contributed by atoms with Crippen LogP contribution in [0.5, 0.6) is 0 Å². The molecule has 0 radical (unpaired) electrons. The van der Waals surface area contributed by atoms with Crippen LogP contribution in [-0.2, 0) is 39.0 Å². The lowest BCUT2D eigenvalue weighted by atomic mass is 10.0. The topological polar surface area (TPSA) is 86.8 Å². The van der Waals surface area contributed by atoms with Crippen molar-refractivity contribution in [3.8, 4) is 0 Å². The summed E-state index contributed by atoms with van der Waals surface area (Å²) in [5, 5.41) is 2.99. The van der Waals surface area contributed by atoms with Gasteiger partial charge in [0.25, 0.3) is 0 Å². The van der Waals surface area contributed by atoms with Crippen LogP contribution in [0.1, 0.15) is 43.4 Å². The molecule has 0 spiro atoms. The molecule has 0 aliphatic carbocycles. The predicted molar refractivity (Wildman–Crippen MR) is 165 cm³/mol. The summed E-state index contributed by atoms with van der Waals surface area (Å²) in [5.74, 6) is -0.722. The van der Waals surface area contributed by atoms with E-state index in [-0.39, 0.29) is 12.5 Å². The van der Waals surface area contributed by atoms with Gasteiger partial charge in [0.1, 0.15) is 12.6 Å². The molecule has 1 atom stereocenters. The maximum Gasteiger partial charge on any atom is 0.244 e. The number of carbonyl (C=O) groups excluding carboxylic acids is 2. The van der Waals surface area contributed by atoms with Crippen molar-refractivity contribution in [3.05, 3.63) is 100 Å². The summed E-state index contributed by atoms with van der Waals surface area (Å²) in [6.45, 7) is 4.29. The van der Waals surface area contributed by atoms with E-state index in [0.717, 1.165) is 51.0 Å². The number of aryl methyl sites for hydroxylation is 1. The first-order valence-corrected chi connectivity index (χ1v) is 16.2. The van der Waals surface area contributed by atoms with Crippen molar-refractivity contribution in [1.29, 1.82) is 0 Å². The lowest BCUT2D eigenvalue weighted by molar-refractivity contribution is -0.140. The summed E-state index contributed by atoms with van der Waals surface area (Å²) in [4.78, 5) is 29.2. The number of hydrogen-bond donors (Lipinski definition) is 1. The van der Waals surface area contributed by atoms with Crippen LogP contribution in [0.3, 0.4) is 0 Å². The second-order valence-electron chi connectivity index (χ2n) is 9.79. The van der Waals surface area contributed by atoms with Crippen molar-refractivity contribution in [1.82, 2.24) is 10.2 Å². The zero-order valence-corrected chi connectivity index (χ0v) is 25.7. The Labute approximate surface area is 246 Å². The highest BCUT2D eigenvalue weighted by molar-refractivity contribution is 9.10. The molecule has 0 aliphatic heterocycles. The van der Waals surface area contributed by atoms with Crippen LogP contribution in [0.4, 0.5) is 5.69 Å². The zero-order chi connectivity index (χ0) is 29.1. The van der Waals surface area contributed by atoms with Gasteiger partial charge in [-0.2, -0.15) is 0 Å². The second-order valence-corrected chi connectivity index (χ2v) is 12.6. The number of amides is 2. The number of nitrogens with zero attached hydrogens (tertiary/aromatic N) is 2. The fourth-order valence-corrected chi connectivity index (χ4v) is 5.47. The van der Waals surface area contributed by atoms with E-state index in [1.807, 2.05) is 80.6 Å². The first kappa shape index (κ1) is 31.4. The van der Waals surface area contributed by atoms with Gasteiger partial charge in [0.2, 0.25) is 21.8 Å². The molecule has 9 heteroatoms. The molecule has 0 aliphatic rings. The fourth-order valence-electron chi connectivity index (χ4n) is 4.36. The van der Waals surface area contributed by atoms with E-state index in [2.05, 4.69) is 21.2 Å². The van der Waals surface area contributed by atoms with Gasteiger partial charge in [0.05, 0.1) is 11.9 Å². The molecule has 3 aromatic carbocycles. The summed E-state index contributed by atoms with van der Waals surface area (Å²) in [6, 6.07) is 23.4. The molecule has 0 aromatic heterocycles. The normalized spacial score (nSPS) is 12.0. The van der Waals surface area contributed by atoms with Crippen LogP contribution < -0.4 is 9.62 Å². The van der Waals surface area contributed by atoms with Crippen molar-refractivity contribution in [2.45, 2.75) is 52.1 Å². The summed E-state index contributed by atoms with van der Waals surface area (Å²) >= 11 is 3.44. The first-order chi connectivity index (χ1) is 19.1. The van der Waals surface area contributed by atoms with Crippen LogP contribution in [0.25, 0.3) is 0 Å². The number of hydrogen-bond acceptors (Lipinski definition) is 4. The average Bonchev–Trinajstić information content (AvgIpc) is 2.94. The van der Waals surface area contributed by atoms with Crippen LogP contribution in [0.2, 0.25) is 0 Å². The molecule has 40 heavy (non-hydrogen) atoms. The van der Waals surface area contributed by atoms with Crippen LogP contribution >= 0.6 is 15.9 Å². The van der Waals surface area contributed by atoms with Gasteiger partial charge in [0.15, 0.2) is 0 Å². The van der Waals surface area contributed by atoms with Crippen molar-refractivity contribution in [2.24, 2.45) is 0 Å². The monoisotopic (exact) mass is 627 g/mol. The Morgan fingerprint density at radius 2 is 1.50 bits per heavy atom. The minimum Gasteiger partial charge on any atom is -0.354 e. The van der Waals surface area contributed by atoms with Gasteiger partial charge in [-0.05, 0) is 53.8 Å². The number of unbranched alkanes of at least 4 members (excludes halogenated alkanes) is 1. The van der Waals surface area contributed by atoms with E-state index >= 15 is 0 Å². The van der Waals surface area contributed by atoms with Crippen molar-refractivity contribution in [2.75, 3.05) is 23.7 Å². The van der Waals surface area contributed by atoms with Crippen molar-refractivity contribution in [3.63, 3.8) is 0 Å². The minimum absolute atomic E-state index is 0.150. The molecular weight excluding hydrogens is 590 g/mol. The summed E-state index contributed by atoms with van der Waals surface area (Å²) < 4.78 is 27.8. The van der Waals surface area contributed by atoms with Gasteiger partial charge in [-0.3, -0.25) is 13.9 Å². The Morgan fingerprint density at radius 3 is 2.08 bits per heavy atom. The molecule has 0 saturated heterocycles. The van der Waals surface area contributed by atoms with Gasteiger partial charge >= 0.3 is 0 Å². The molecule has 0 heterocycles. The van der Waals surface area contributed by atoms with E-state index in [0.29, 0.717) is 18.7 Å². The zero-order valence-electron chi connectivity index (χ0n) is 23.3. The molecule has 0 bridgehead atoms. The van der Waals surface area contributed by atoms with Crippen LogP contribution in [0.15, 0.2) is 83.3 Å². The summed E-state index contributed by atoms with van der Waals surface area (Å²) in [6.07, 6.45) is 3.94. The third-order valence-electron chi connectivity index (χ3n) is 6.68. The number of nitrogens with one attached hydrogen (secondary N) is 1. The molecule has 3 rings (SSSR count). The molecule has 1 N–H and O–H groups in total. The van der Waals surface area contributed by atoms with E-state index in [4.69, 9.17) is 0 Å². The van der Waals surface area contributed by atoms with Gasteiger partial charge in [-0.15, -0.1) is 0 Å². The summed E-state index contributed by atoms with van der Waals surface area (Å²) in [7, 11) is -3.79. The average molecular weight is 629 g/mol. The predicted octanol–water partition coefficient (Wildman–Crippen LogP) is 5.33. The smallest absolute Gasteiger partial charge is 0.244 e. The molecule has 3 aromatic rings. The molecule has 0 unspecified atom stereocenters. The highest BCUT2D eigenvalue weighted by Crippen LogP contribution is 2.22. The number of halogens is 1. The molecule has 0 fully saturated rings. The molecule has 7 nitrogen and oxygen atoms in total. The highest BCUT2D eigenvalue weighted by atomic mass is 79.9. The number of sulfonamides is 1. The molecule has 2 amide bonds. The van der Waals surface area contributed by atoms with E-state index in [9.17, 15) is 18.0 Å². The van der Waals surface area contributed by atoms with E-state index in [1.165, 1.54) is 4.90 Å². The van der Waals surface area contributed by atoms with Crippen LogP contribution in [-0.4, -0.2) is 50.5 Å². The first-order valence-electron chi connectivity index (χ1n) is 13.5. The van der Waals surface area contributed by atoms with E-state index in [1.54, 1.807) is 12.1 Å². The molecule has 214 valence electrons. The Morgan fingerprint density at radius 1 is 0.875 bits per heavy atom. The Kier molecular flexibility index (Phi) is 11.8. The Balaban J connectivity index is 2.01. The quantitative estimate of drug-likeness (QED) is 0.245. The van der Waals surface area contributed by atoms with Gasteiger partial charge in [-0.1, -0.05) is 90.8 Å². The van der Waals surface area contributed by atoms with Crippen LogP contribution in [0, 0.1) is 0 Å². The molecular formula is C31H38BrN3O4S. The standard InChI is InChI=1S/C31H38BrN3O4S/c1-4-6-20-33-31(37)29(21-25-10-8-7-9-11-25)34(22-26-12-16-27(32)17-13-26)30(36)23-35(40(3,38)39)28-18-14-24(5-2)15-19-28/h7-19,29H,4-6,20-23H2,1-3H3,(H,33,37)/t29-/m0/s1. The van der Waals surface area contributed by atoms with Crippen molar-refractivity contribution >= 4 is 43.5 Å². The minimum atomic E-state index is -3.79. The summed E-state index contributed by atoms with van der Waals surface area (Å²) in [5.41, 5.74) is 3.20. The van der Waals surface area contributed by atoms with Crippen molar-refractivity contribution < 1.29 is 18.0 Å². The Hall–Kier alpha value is -3.17. The lowest BCUT2D eigenvalue weighted by Crippen LogP contribution is -2.53. The largest absolute Gasteiger partial charge is 0.354 e. The molecule has 0 saturated carbocycles. The third-order valence-corrected chi connectivity index (χ3v) is 8.35.